The van der Waals surface area contributed by atoms with E-state index in [1.165, 1.54) is 12.0 Å². The van der Waals surface area contributed by atoms with Crippen molar-refractivity contribution in [2.75, 3.05) is 13.2 Å². The van der Waals surface area contributed by atoms with E-state index < -0.39 is 0 Å². The van der Waals surface area contributed by atoms with Crippen LogP contribution in [0.2, 0.25) is 0 Å². The molecule has 18 heavy (non-hydrogen) atoms. The van der Waals surface area contributed by atoms with Crippen molar-refractivity contribution in [3.05, 3.63) is 29.8 Å². The van der Waals surface area contributed by atoms with Gasteiger partial charge < -0.3 is 10.5 Å². The minimum Gasteiger partial charge on any atom is -0.494 e. The van der Waals surface area contributed by atoms with Crippen molar-refractivity contribution in [2.24, 2.45) is 11.1 Å². The van der Waals surface area contributed by atoms with Gasteiger partial charge in [-0.2, -0.15) is 0 Å². The third-order valence-corrected chi connectivity index (χ3v) is 3.28. The van der Waals surface area contributed by atoms with Crippen LogP contribution in [0.15, 0.2) is 24.3 Å². The molecule has 1 aromatic rings. The highest BCUT2D eigenvalue weighted by Gasteiger charge is 2.14. The van der Waals surface area contributed by atoms with Gasteiger partial charge in [0.2, 0.25) is 0 Å². The Bertz CT molecular complexity index is 329. The molecule has 0 fully saturated rings. The Morgan fingerprint density at radius 2 is 1.83 bits per heavy atom. The number of ether oxygens (including phenoxy) is 1. The van der Waals surface area contributed by atoms with E-state index in [1.54, 1.807) is 0 Å². The second-order valence-electron chi connectivity index (χ2n) is 5.71. The molecule has 102 valence electrons. The van der Waals surface area contributed by atoms with Gasteiger partial charge in [0.1, 0.15) is 5.75 Å². The van der Waals surface area contributed by atoms with Gasteiger partial charge in [-0.15, -0.1) is 0 Å². The first-order valence-corrected chi connectivity index (χ1v) is 6.99. The van der Waals surface area contributed by atoms with Crippen LogP contribution in [0.1, 0.15) is 45.6 Å². The zero-order valence-electron chi connectivity index (χ0n) is 12.0. The summed E-state index contributed by atoms with van der Waals surface area (Å²) >= 11 is 0. The molecule has 0 spiro atoms. The monoisotopic (exact) mass is 249 g/mol. The highest BCUT2D eigenvalue weighted by molar-refractivity contribution is 5.27. The van der Waals surface area contributed by atoms with E-state index in [0.29, 0.717) is 0 Å². The number of benzene rings is 1. The molecule has 0 aliphatic heterocycles. The second-order valence-corrected chi connectivity index (χ2v) is 5.71. The first-order chi connectivity index (χ1) is 8.57. The van der Waals surface area contributed by atoms with Crippen LogP contribution in [0.3, 0.4) is 0 Å². The van der Waals surface area contributed by atoms with Gasteiger partial charge in [0.15, 0.2) is 0 Å². The van der Waals surface area contributed by atoms with Gasteiger partial charge in [-0.25, -0.2) is 0 Å². The molecule has 0 amide bonds. The van der Waals surface area contributed by atoms with Gasteiger partial charge >= 0.3 is 0 Å². The van der Waals surface area contributed by atoms with Crippen molar-refractivity contribution >= 4 is 0 Å². The summed E-state index contributed by atoms with van der Waals surface area (Å²) in [5, 5.41) is 0. The summed E-state index contributed by atoms with van der Waals surface area (Å²) in [5.41, 5.74) is 7.32. The predicted octanol–water partition coefficient (Wildman–Crippen LogP) is 3.78. The normalized spacial score (nSPS) is 11.6. The lowest BCUT2D eigenvalue weighted by molar-refractivity contribution is 0.261. The molecule has 2 heteroatoms. The Morgan fingerprint density at radius 1 is 1.17 bits per heavy atom. The molecule has 0 bridgehead atoms. The van der Waals surface area contributed by atoms with Crippen molar-refractivity contribution in [2.45, 2.75) is 46.5 Å². The zero-order chi connectivity index (χ0) is 13.4. The van der Waals surface area contributed by atoms with Crippen LogP contribution in [0.25, 0.3) is 0 Å². The lowest BCUT2D eigenvalue weighted by atomic mass is 9.88. The van der Waals surface area contributed by atoms with Crippen LogP contribution in [-0.4, -0.2) is 13.2 Å². The van der Waals surface area contributed by atoms with E-state index in [4.69, 9.17) is 10.5 Å². The van der Waals surface area contributed by atoms with Crippen molar-refractivity contribution in [3.8, 4) is 5.75 Å². The minimum absolute atomic E-state index is 0.230. The predicted molar refractivity (Wildman–Crippen MR) is 78.0 cm³/mol. The Morgan fingerprint density at radius 3 is 2.39 bits per heavy atom. The fraction of sp³-hybridized carbons (Fsp3) is 0.625. The first-order valence-electron chi connectivity index (χ1n) is 6.99. The Kier molecular flexibility index (Phi) is 6.20. The molecule has 0 atom stereocenters. The quantitative estimate of drug-likeness (QED) is 0.712. The Balaban J connectivity index is 2.27. The van der Waals surface area contributed by atoms with Crippen molar-refractivity contribution in [1.29, 1.82) is 0 Å². The maximum Gasteiger partial charge on any atom is 0.119 e. The summed E-state index contributed by atoms with van der Waals surface area (Å²) in [6.45, 7) is 8.11. The van der Waals surface area contributed by atoms with Gasteiger partial charge in [0.25, 0.3) is 0 Å². The maximum absolute atomic E-state index is 5.74. The standard InChI is InChI=1S/C16H27NO/c1-4-6-14-7-9-15(10-8-14)18-12-5-11-16(2,3)13-17/h7-10H,4-6,11-13,17H2,1-3H3. The lowest BCUT2D eigenvalue weighted by Gasteiger charge is -2.21. The van der Waals surface area contributed by atoms with Crippen LogP contribution in [0.4, 0.5) is 0 Å². The molecule has 0 saturated carbocycles. The molecular formula is C16H27NO. The van der Waals surface area contributed by atoms with Crippen LogP contribution < -0.4 is 10.5 Å². The topological polar surface area (TPSA) is 35.2 Å². The number of rotatable bonds is 8. The second kappa shape index (κ2) is 7.42. The van der Waals surface area contributed by atoms with Gasteiger partial charge in [0, 0.05) is 0 Å². The molecule has 0 aliphatic carbocycles. The summed E-state index contributed by atoms with van der Waals surface area (Å²) in [4.78, 5) is 0. The van der Waals surface area contributed by atoms with E-state index in [-0.39, 0.29) is 5.41 Å². The third-order valence-electron chi connectivity index (χ3n) is 3.28. The Hall–Kier alpha value is -1.02. The average molecular weight is 249 g/mol. The van der Waals surface area contributed by atoms with E-state index in [0.717, 1.165) is 38.2 Å². The largest absolute Gasteiger partial charge is 0.494 e. The molecule has 1 rings (SSSR count). The molecule has 0 heterocycles. The van der Waals surface area contributed by atoms with E-state index in [1.807, 2.05) is 0 Å². The van der Waals surface area contributed by atoms with Gasteiger partial charge in [-0.05, 0) is 48.9 Å². The third kappa shape index (κ3) is 5.54. The summed E-state index contributed by atoms with van der Waals surface area (Å²) in [6, 6.07) is 8.45. The number of hydrogen-bond donors (Lipinski definition) is 1. The summed E-state index contributed by atoms with van der Waals surface area (Å²) < 4.78 is 5.74. The van der Waals surface area contributed by atoms with E-state index in [2.05, 4.69) is 45.0 Å². The van der Waals surface area contributed by atoms with E-state index >= 15 is 0 Å². The van der Waals surface area contributed by atoms with Gasteiger partial charge in [0.05, 0.1) is 6.61 Å². The molecular weight excluding hydrogens is 222 g/mol. The summed E-state index contributed by atoms with van der Waals surface area (Å²) in [6.07, 6.45) is 4.50. The molecule has 2 nitrogen and oxygen atoms in total. The van der Waals surface area contributed by atoms with Gasteiger partial charge in [-0.3, -0.25) is 0 Å². The number of hydrogen-bond acceptors (Lipinski definition) is 2. The molecule has 0 aromatic heterocycles. The van der Waals surface area contributed by atoms with Crippen molar-refractivity contribution < 1.29 is 4.74 Å². The fourth-order valence-corrected chi connectivity index (χ4v) is 1.88. The molecule has 2 N–H and O–H groups in total. The molecule has 0 unspecified atom stereocenters. The minimum atomic E-state index is 0.230. The average Bonchev–Trinajstić information content (AvgIpc) is 2.37. The summed E-state index contributed by atoms with van der Waals surface area (Å²) in [5.74, 6) is 0.973. The van der Waals surface area contributed by atoms with Crippen LogP contribution in [0.5, 0.6) is 5.75 Å². The highest BCUT2D eigenvalue weighted by atomic mass is 16.5. The van der Waals surface area contributed by atoms with Crippen LogP contribution in [-0.2, 0) is 6.42 Å². The molecule has 0 aliphatic rings. The fourth-order valence-electron chi connectivity index (χ4n) is 1.88. The van der Waals surface area contributed by atoms with E-state index in [9.17, 15) is 0 Å². The van der Waals surface area contributed by atoms with Crippen molar-refractivity contribution in [1.82, 2.24) is 0 Å². The van der Waals surface area contributed by atoms with Crippen molar-refractivity contribution in [3.63, 3.8) is 0 Å². The smallest absolute Gasteiger partial charge is 0.119 e. The number of nitrogens with two attached hydrogens (primary N) is 1. The highest BCUT2D eigenvalue weighted by Crippen LogP contribution is 2.20. The van der Waals surface area contributed by atoms with Crippen LogP contribution in [0, 0.1) is 5.41 Å². The Labute approximate surface area is 112 Å². The zero-order valence-corrected chi connectivity index (χ0v) is 12.0. The molecule has 1 aromatic carbocycles. The SMILES string of the molecule is CCCc1ccc(OCCCC(C)(C)CN)cc1. The maximum atomic E-state index is 5.74. The lowest BCUT2D eigenvalue weighted by Crippen LogP contribution is -2.23. The van der Waals surface area contributed by atoms with Crippen LogP contribution >= 0.6 is 0 Å². The molecule has 0 saturated heterocycles. The molecule has 0 radical (unpaired) electrons. The summed E-state index contributed by atoms with van der Waals surface area (Å²) in [7, 11) is 0. The number of aryl methyl sites for hydroxylation is 1. The first kappa shape index (κ1) is 15.0. The van der Waals surface area contributed by atoms with Gasteiger partial charge in [-0.1, -0.05) is 39.3 Å².